The Bertz CT molecular complexity index is 1140. The third-order valence-corrected chi connectivity index (χ3v) is 7.78. The Hall–Kier alpha value is -2.77. The van der Waals surface area contributed by atoms with Gasteiger partial charge in [0.15, 0.2) is 0 Å². The lowest BCUT2D eigenvalue weighted by atomic mass is 9.93. The maximum atomic E-state index is 13.5. The minimum atomic E-state index is -0.169. The Morgan fingerprint density at radius 1 is 1.03 bits per heavy atom. The average Bonchev–Trinajstić information content (AvgIpc) is 3.37. The monoisotopic (exact) mass is 524 g/mol. The van der Waals surface area contributed by atoms with Crippen molar-refractivity contribution in [2.45, 2.75) is 70.8 Å². The van der Waals surface area contributed by atoms with Gasteiger partial charge in [-0.2, -0.15) is 0 Å². The molecule has 190 valence electrons. The van der Waals surface area contributed by atoms with E-state index in [0.29, 0.717) is 27.3 Å². The average molecular weight is 525 g/mol. The molecule has 1 fully saturated rings. The van der Waals surface area contributed by atoms with E-state index in [9.17, 15) is 9.59 Å². The number of halogens is 1. The molecular weight excluding hydrogens is 492 g/mol. The fourth-order valence-corrected chi connectivity index (χ4v) is 5.48. The molecule has 2 aromatic carbocycles. The number of carbonyl (C=O) groups excluding carboxylic acids is 2. The topological polar surface area (TPSA) is 75.2 Å². The van der Waals surface area contributed by atoms with Crippen molar-refractivity contribution in [2.75, 3.05) is 11.9 Å². The smallest absolute Gasteiger partial charge is 0.254 e. The van der Waals surface area contributed by atoms with E-state index in [0.717, 1.165) is 50.5 Å². The summed E-state index contributed by atoms with van der Waals surface area (Å²) in [6.45, 7) is 2.56. The first kappa shape index (κ1) is 26.3. The molecule has 0 saturated heterocycles. The number of aromatic nitrogens is 2. The number of hydrogen-bond acceptors (Lipinski definition) is 5. The second-order valence-electron chi connectivity index (χ2n) is 9.31. The molecule has 0 unspecified atom stereocenters. The lowest BCUT2D eigenvalue weighted by molar-refractivity contribution is -0.116. The SMILES string of the molecule is CCCCc1ccc(C(=O)N(CCC(=O)Nc2nnc(-c3ccc(Cl)cc3)s2)C2CCCCC2)cc1. The van der Waals surface area contributed by atoms with Gasteiger partial charge in [-0.25, -0.2) is 0 Å². The summed E-state index contributed by atoms with van der Waals surface area (Å²) in [7, 11) is 0. The molecule has 0 radical (unpaired) electrons. The van der Waals surface area contributed by atoms with E-state index in [1.54, 1.807) is 12.1 Å². The quantitative estimate of drug-likeness (QED) is 0.309. The van der Waals surface area contributed by atoms with Gasteiger partial charge in [-0.3, -0.25) is 9.59 Å². The predicted octanol–water partition coefficient (Wildman–Crippen LogP) is 7.00. The van der Waals surface area contributed by atoms with Crippen LogP contribution in [0.15, 0.2) is 48.5 Å². The maximum Gasteiger partial charge on any atom is 0.254 e. The normalized spacial score (nSPS) is 13.9. The fourth-order valence-electron chi connectivity index (χ4n) is 4.59. The highest BCUT2D eigenvalue weighted by Gasteiger charge is 2.27. The van der Waals surface area contributed by atoms with Crippen LogP contribution in [0.3, 0.4) is 0 Å². The summed E-state index contributed by atoms with van der Waals surface area (Å²) in [5, 5.41) is 12.9. The van der Waals surface area contributed by atoms with Crippen LogP contribution in [-0.2, 0) is 11.2 Å². The molecule has 4 rings (SSSR count). The Balaban J connectivity index is 1.38. The Labute approximate surface area is 222 Å². The summed E-state index contributed by atoms with van der Waals surface area (Å²) in [5.41, 5.74) is 2.84. The van der Waals surface area contributed by atoms with E-state index >= 15 is 0 Å². The van der Waals surface area contributed by atoms with Crippen molar-refractivity contribution in [3.05, 3.63) is 64.7 Å². The van der Waals surface area contributed by atoms with Gasteiger partial charge in [0, 0.05) is 35.2 Å². The zero-order valence-electron chi connectivity index (χ0n) is 20.7. The van der Waals surface area contributed by atoms with Gasteiger partial charge in [0.25, 0.3) is 5.91 Å². The van der Waals surface area contributed by atoms with Crippen LogP contribution in [0, 0.1) is 0 Å². The minimum Gasteiger partial charge on any atom is -0.335 e. The third kappa shape index (κ3) is 7.14. The molecular formula is C28H33ClN4O2S. The van der Waals surface area contributed by atoms with Crippen molar-refractivity contribution >= 4 is 39.9 Å². The largest absolute Gasteiger partial charge is 0.335 e. The van der Waals surface area contributed by atoms with Crippen LogP contribution in [0.25, 0.3) is 10.6 Å². The molecule has 36 heavy (non-hydrogen) atoms. The van der Waals surface area contributed by atoms with E-state index in [2.05, 4.69) is 34.6 Å². The standard InChI is InChI=1S/C28H33ClN4O2S/c1-2-3-7-20-10-12-22(13-11-20)27(35)33(24-8-5-4-6-9-24)19-18-25(34)30-28-32-31-26(36-28)21-14-16-23(29)17-15-21/h10-17,24H,2-9,18-19H2,1H3,(H,30,32,34). The molecule has 1 aliphatic rings. The van der Waals surface area contributed by atoms with Crippen LogP contribution in [0.1, 0.15) is 74.2 Å². The number of carbonyl (C=O) groups is 2. The lowest BCUT2D eigenvalue weighted by Crippen LogP contribution is -2.43. The molecule has 1 N–H and O–H groups in total. The Morgan fingerprint density at radius 3 is 2.44 bits per heavy atom. The maximum absolute atomic E-state index is 13.5. The number of anilines is 1. The number of rotatable bonds is 10. The van der Waals surface area contributed by atoms with Crippen molar-refractivity contribution in [3.8, 4) is 10.6 Å². The summed E-state index contributed by atoms with van der Waals surface area (Å²) >= 11 is 7.27. The number of nitrogens with zero attached hydrogens (tertiary/aromatic N) is 3. The molecule has 6 nitrogen and oxygen atoms in total. The van der Waals surface area contributed by atoms with Crippen LogP contribution in [-0.4, -0.2) is 39.5 Å². The Kier molecular flexibility index (Phi) is 9.47. The molecule has 0 spiro atoms. The highest BCUT2D eigenvalue weighted by atomic mass is 35.5. The van der Waals surface area contributed by atoms with Crippen molar-refractivity contribution in [1.29, 1.82) is 0 Å². The molecule has 1 heterocycles. The molecule has 1 aliphatic carbocycles. The van der Waals surface area contributed by atoms with Gasteiger partial charge in [0.1, 0.15) is 5.01 Å². The first-order valence-electron chi connectivity index (χ1n) is 12.8. The number of unbranched alkanes of at least 4 members (excludes halogenated alkanes) is 1. The highest BCUT2D eigenvalue weighted by molar-refractivity contribution is 7.18. The molecule has 8 heteroatoms. The highest BCUT2D eigenvalue weighted by Crippen LogP contribution is 2.28. The second kappa shape index (κ2) is 13.0. The number of hydrogen-bond donors (Lipinski definition) is 1. The van der Waals surface area contributed by atoms with Crippen LogP contribution < -0.4 is 5.32 Å². The van der Waals surface area contributed by atoms with Crippen LogP contribution >= 0.6 is 22.9 Å². The van der Waals surface area contributed by atoms with Gasteiger partial charge in [-0.05, 0) is 55.5 Å². The van der Waals surface area contributed by atoms with E-state index in [-0.39, 0.29) is 24.3 Å². The van der Waals surface area contributed by atoms with Crippen molar-refractivity contribution in [1.82, 2.24) is 15.1 Å². The third-order valence-electron chi connectivity index (χ3n) is 6.64. The van der Waals surface area contributed by atoms with Crippen molar-refractivity contribution in [2.24, 2.45) is 0 Å². The first-order valence-corrected chi connectivity index (χ1v) is 14.0. The zero-order valence-corrected chi connectivity index (χ0v) is 22.3. The van der Waals surface area contributed by atoms with E-state index < -0.39 is 0 Å². The van der Waals surface area contributed by atoms with Crippen LogP contribution in [0.4, 0.5) is 5.13 Å². The predicted molar refractivity (Wildman–Crippen MR) is 147 cm³/mol. The van der Waals surface area contributed by atoms with Crippen molar-refractivity contribution in [3.63, 3.8) is 0 Å². The van der Waals surface area contributed by atoms with Gasteiger partial charge in [0.05, 0.1) is 0 Å². The number of benzene rings is 2. The summed E-state index contributed by atoms with van der Waals surface area (Å²) in [5.74, 6) is -0.157. The van der Waals surface area contributed by atoms with Crippen LogP contribution in [0.2, 0.25) is 5.02 Å². The minimum absolute atomic E-state index is 0.0117. The lowest BCUT2D eigenvalue weighted by Gasteiger charge is -2.34. The summed E-state index contributed by atoms with van der Waals surface area (Å²) in [4.78, 5) is 28.2. The Morgan fingerprint density at radius 2 is 1.75 bits per heavy atom. The molecule has 1 aromatic heterocycles. The summed E-state index contributed by atoms with van der Waals surface area (Å²) in [6, 6.07) is 15.5. The summed E-state index contributed by atoms with van der Waals surface area (Å²) in [6.07, 6.45) is 8.97. The fraction of sp³-hybridized carbons (Fsp3) is 0.429. The second-order valence-corrected chi connectivity index (χ2v) is 10.7. The summed E-state index contributed by atoms with van der Waals surface area (Å²) < 4.78 is 0. The molecule has 3 aromatic rings. The van der Waals surface area contributed by atoms with Gasteiger partial charge < -0.3 is 10.2 Å². The molecule has 2 amide bonds. The molecule has 1 saturated carbocycles. The zero-order chi connectivity index (χ0) is 25.3. The number of aryl methyl sites for hydroxylation is 1. The van der Waals surface area contributed by atoms with Crippen molar-refractivity contribution < 1.29 is 9.59 Å². The van der Waals surface area contributed by atoms with E-state index in [1.165, 1.54) is 23.3 Å². The van der Waals surface area contributed by atoms with Crippen LogP contribution in [0.5, 0.6) is 0 Å². The molecule has 0 aliphatic heterocycles. The number of nitrogens with one attached hydrogen (secondary N) is 1. The van der Waals surface area contributed by atoms with Gasteiger partial charge >= 0.3 is 0 Å². The van der Waals surface area contributed by atoms with Gasteiger partial charge in [-0.15, -0.1) is 10.2 Å². The first-order chi connectivity index (χ1) is 17.5. The van der Waals surface area contributed by atoms with Gasteiger partial charge in [0.2, 0.25) is 11.0 Å². The molecule has 0 atom stereocenters. The molecule has 0 bridgehead atoms. The van der Waals surface area contributed by atoms with E-state index in [1.807, 2.05) is 29.2 Å². The number of amides is 2. The van der Waals surface area contributed by atoms with E-state index in [4.69, 9.17) is 11.6 Å². The van der Waals surface area contributed by atoms with Gasteiger partial charge in [-0.1, -0.05) is 79.8 Å².